The molecule has 0 aromatic heterocycles. The minimum atomic E-state index is -0.147. The van der Waals surface area contributed by atoms with Gasteiger partial charge >= 0.3 is 0 Å². The molecule has 0 aliphatic heterocycles. The molecule has 3 aliphatic carbocycles. The quantitative estimate of drug-likeness (QED) is 0.765. The Kier molecular flexibility index (Phi) is 6.92. The van der Waals surface area contributed by atoms with Gasteiger partial charge in [-0.05, 0) is 68.1 Å². The van der Waals surface area contributed by atoms with Crippen molar-refractivity contribution in [2.24, 2.45) is 11.1 Å². The highest BCUT2D eigenvalue weighted by Crippen LogP contribution is 2.58. The predicted octanol–water partition coefficient (Wildman–Crippen LogP) is 3.95. The Bertz CT molecular complexity index is 696. The van der Waals surface area contributed by atoms with Crippen LogP contribution in [0.5, 0.6) is 5.75 Å². The largest absolute Gasteiger partial charge is 0.489 e. The zero-order valence-corrected chi connectivity index (χ0v) is 17.0. The van der Waals surface area contributed by atoms with Crippen LogP contribution in [-0.2, 0) is 10.2 Å². The topological polar surface area (TPSA) is 64.3 Å². The van der Waals surface area contributed by atoms with Gasteiger partial charge in [-0.1, -0.05) is 12.1 Å². The number of nitrogens with two attached hydrogens (primary N) is 1. The van der Waals surface area contributed by atoms with Crippen LogP contribution in [-0.4, -0.2) is 26.1 Å². The van der Waals surface area contributed by atoms with E-state index in [1.807, 2.05) is 13.0 Å². The number of aryl methyl sites for hydroxylation is 1. The number of hydrogen-bond donors (Lipinski definition) is 2. The summed E-state index contributed by atoms with van der Waals surface area (Å²) in [5.74, 6) is 0.978. The Morgan fingerprint density at radius 2 is 1.89 bits per heavy atom. The molecule has 3 fully saturated rings. The van der Waals surface area contributed by atoms with Crippen LogP contribution in [0.15, 0.2) is 30.1 Å². The highest BCUT2D eigenvalue weighted by Gasteiger charge is 2.52. The molecular weight excluding hydrogens is 367 g/mol. The van der Waals surface area contributed by atoms with Crippen molar-refractivity contribution in [3.05, 3.63) is 41.2 Å². The van der Waals surface area contributed by atoms with E-state index in [1.54, 1.807) is 7.05 Å². The van der Waals surface area contributed by atoms with Crippen LogP contribution in [0.2, 0.25) is 0 Å². The van der Waals surface area contributed by atoms with Gasteiger partial charge in [-0.15, -0.1) is 12.4 Å². The highest BCUT2D eigenvalue weighted by atomic mass is 35.5. The summed E-state index contributed by atoms with van der Waals surface area (Å²) in [4.78, 5) is 12.3. The molecule has 2 bridgehead atoms. The molecule has 0 unspecified atom stereocenters. The number of hydrogen-bond acceptors (Lipinski definition) is 3. The van der Waals surface area contributed by atoms with Crippen LogP contribution in [0.25, 0.3) is 0 Å². The van der Waals surface area contributed by atoms with Gasteiger partial charge in [-0.2, -0.15) is 0 Å². The molecule has 0 spiro atoms. The van der Waals surface area contributed by atoms with Crippen LogP contribution in [0.1, 0.15) is 49.7 Å². The zero-order chi connectivity index (χ0) is 18.8. The van der Waals surface area contributed by atoms with Gasteiger partial charge in [0, 0.05) is 24.6 Å². The van der Waals surface area contributed by atoms with Gasteiger partial charge in [-0.25, -0.2) is 4.39 Å². The van der Waals surface area contributed by atoms with E-state index in [2.05, 4.69) is 17.4 Å². The molecule has 3 saturated carbocycles. The van der Waals surface area contributed by atoms with Crippen LogP contribution in [0.3, 0.4) is 0 Å². The van der Waals surface area contributed by atoms with Crippen molar-refractivity contribution >= 4 is 18.3 Å². The Morgan fingerprint density at radius 3 is 2.37 bits per heavy atom. The van der Waals surface area contributed by atoms with Crippen molar-refractivity contribution < 1.29 is 13.9 Å². The number of ether oxygens (including phenoxy) is 1. The zero-order valence-electron chi connectivity index (χ0n) is 16.1. The maximum absolute atomic E-state index is 12.6. The second-order valence-electron chi connectivity index (χ2n) is 7.88. The fourth-order valence-corrected chi connectivity index (χ4v) is 4.67. The van der Waals surface area contributed by atoms with Crippen molar-refractivity contribution in [1.82, 2.24) is 5.32 Å². The Morgan fingerprint density at radius 1 is 1.26 bits per heavy atom. The van der Waals surface area contributed by atoms with E-state index in [0.717, 1.165) is 49.8 Å². The number of halogens is 2. The first-order chi connectivity index (χ1) is 12.5. The minimum Gasteiger partial charge on any atom is -0.489 e. The molecule has 1 aromatic rings. The summed E-state index contributed by atoms with van der Waals surface area (Å²) in [6, 6.07) is 6.33. The number of carbonyl (C=O) groups excluding carboxylic acids is 1. The summed E-state index contributed by atoms with van der Waals surface area (Å²) in [5.41, 5.74) is 8.34. The summed E-state index contributed by atoms with van der Waals surface area (Å²) >= 11 is 0. The second kappa shape index (κ2) is 8.61. The molecule has 27 heavy (non-hydrogen) atoms. The minimum absolute atomic E-state index is 0. The van der Waals surface area contributed by atoms with Gasteiger partial charge in [-0.3, -0.25) is 4.79 Å². The van der Waals surface area contributed by atoms with E-state index < -0.39 is 0 Å². The third kappa shape index (κ3) is 3.99. The first-order valence-corrected chi connectivity index (χ1v) is 9.43. The summed E-state index contributed by atoms with van der Waals surface area (Å²) in [6.07, 6.45) is 6.58. The van der Waals surface area contributed by atoms with Crippen molar-refractivity contribution in [1.29, 1.82) is 0 Å². The molecule has 4 nitrogen and oxygen atoms in total. The number of benzene rings is 1. The standard InChI is InChI=1S/C21H29FN2O2.ClH/c1-15-11-17(3-4-18(15)26-14-16(12-22)13-23)20-5-8-21(9-6-20,10-7-20)19(25)24-2;/h3-4,11-12H,5-10,13-14,23H2,1-2H3,(H,24,25);1H. The Hall–Kier alpha value is -1.59. The molecule has 0 saturated heterocycles. The lowest BCUT2D eigenvalue weighted by Crippen LogP contribution is -2.51. The van der Waals surface area contributed by atoms with Gasteiger partial charge < -0.3 is 15.8 Å². The van der Waals surface area contributed by atoms with Crippen LogP contribution < -0.4 is 15.8 Å². The van der Waals surface area contributed by atoms with Crippen molar-refractivity contribution in [2.75, 3.05) is 20.2 Å². The SMILES string of the molecule is CNC(=O)C12CCC(c3ccc(OCC(=CF)CN)c(C)c3)(CC1)CC2.Cl. The summed E-state index contributed by atoms with van der Waals surface area (Å²) < 4.78 is 18.4. The lowest BCUT2D eigenvalue weighted by atomic mass is 9.51. The van der Waals surface area contributed by atoms with Gasteiger partial charge in [0.25, 0.3) is 0 Å². The average molecular weight is 397 g/mol. The maximum atomic E-state index is 12.6. The number of amides is 1. The van der Waals surface area contributed by atoms with Crippen LogP contribution in [0.4, 0.5) is 4.39 Å². The molecule has 1 amide bonds. The highest BCUT2D eigenvalue weighted by molar-refractivity contribution is 5.85. The fourth-order valence-electron chi connectivity index (χ4n) is 4.67. The molecule has 6 heteroatoms. The number of rotatable bonds is 6. The molecule has 0 radical (unpaired) electrons. The summed E-state index contributed by atoms with van der Waals surface area (Å²) in [7, 11) is 1.74. The molecule has 0 atom stereocenters. The molecular formula is C21H30ClFN2O2. The molecule has 3 aliphatic rings. The van der Waals surface area contributed by atoms with E-state index in [0.29, 0.717) is 11.9 Å². The van der Waals surface area contributed by atoms with Gasteiger partial charge in [0.1, 0.15) is 12.4 Å². The van der Waals surface area contributed by atoms with E-state index in [9.17, 15) is 9.18 Å². The monoisotopic (exact) mass is 396 g/mol. The lowest BCUT2D eigenvalue weighted by molar-refractivity contribution is -0.137. The smallest absolute Gasteiger partial charge is 0.225 e. The fraction of sp³-hybridized carbons (Fsp3) is 0.571. The van der Waals surface area contributed by atoms with E-state index in [-0.39, 0.29) is 42.3 Å². The molecule has 150 valence electrons. The Balaban J connectivity index is 0.00000261. The van der Waals surface area contributed by atoms with Crippen molar-refractivity contribution in [3.8, 4) is 5.75 Å². The van der Waals surface area contributed by atoms with E-state index >= 15 is 0 Å². The Labute approximate surface area is 167 Å². The normalized spacial score (nSPS) is 27.0. The number of nitrogens with one attached hydrogen (secondary N) is 1. The van der Waals surface area contributed by atoms with Gasteiger partial charge in [0.05, 0.1) is 6.33 Å². The average Bonchev–Trinajstić information content (AvgIpc) is 2.70. The molecule has 0 heterocycles. The van der Waals surface area contributed by atoms with E-state index in [1.165, 1.54) is 5.56 Å². The van der Waals surface area contributed by atoms with E-state index in [4.69, 9.17) is 10.5 Å². The summed E-state index contributed by atoms with van der Waals surface area (Å²) in [5, 5.41) is 2.86. The van der Waals surface area contributed by atoms with Crippen molar-refractivity contribution in [3.63, 3.8) is 0 Å². The number of carbonyl (C=O) groups is 1. The predicted molar refractivity (Wildman–Crippen MR) is 108 cm³/mol. The van der Waals surface area contributed by atoms with Gasteiger partial charge in [0.2, 0.25) is 5.91 Å². The second-order valence-corrected chi connectivity index (χ2v) is 7.88. The summed E-state index contributed by atoms with van der Waals surface area (Å²) in [6.45, 7) is 2.36. The number of fused-ring (bicyclic) bond motifs is 3. The van der Waals surface area contributed by atoms with Crippen LogP contribution in [0, 0.1) is 12.3 Å². The first kappa shape index (κ1) is 21.7. The molecule has 1 aromatic carbocycles. The third-order valence-corrected chi connectivity index (χ3v) is 6.57. The molecule has 3 N–H and O–H groups in total. The lowest BCUT2D eigenvalue weighted by Gasteiger charge is -2.52. The van der Waals surface area contributed by atoms with Crippen molar-refractivity contribution in [2.45, 2.75) is 50.9 Å². The molecule has 4 rings (SSSR count). The van der Waals surface area contributed by atoms with Gasteiger partial charge in [0.15, 0.2) is 0 Å². The van der Waals surface area contributed by atoms with Crippen LogP contribution >= 0.6 is 12.4 Å². The maximum Gasteiger partial charge on any atom is 0.225 e. The first-order valence-electron chi connectivity index (χ1n) is 9.43. The third-order valence-electron chi connectivity index (χ3n) is 6.57.